The Morgan fingerprint density at radius 2 is 1.96 bits per heavy atom. The van der Waals surface area contributed by atoms with Gasteiger partial charge in [0.05, 0.1) is 13.2 Å². The van der Waals surface area contributed by atoms with Gasteiger partial charge in [0.2, 0.25) is 0 Å². The Morgan fingerprint density at radius 3 is 2.65 bits per heavy atom. The highest BCUT2D eigenvalue weighted by atomic mass is 16.5. The molecule has 0 aliphatic rings. The van der Waals surface area contributed by atoms with E-state index in [1.807, 2.05) is 65.5 Å². The number of rotatable bonds is 6. The second kappa shape index (κ2) is 6.92. The highest BCUT2D eigenvalue weighted by Gasteiger charge is 2.19. The largest absolute Gasteiger partial charge is 0.497 e. The first kappa shape index (κ1) is 15.0. The number of benzene rings is 2. The molecule has 2 aromatic carbocycles. The lowest BCUT2D eigenvalue weighted by atomic mass is 9.98. The second-order valence-electron chi connectivity index (χ2n) is 5.27. The van der Waals surface area contributed by atoms with Crippen LogP contribution in [0.1, 0.15) is 28.4 Å². The van der Waals surface area contributed by atoms with Gasteiger partial charge < -0.3 is 4.74 Å². The maximum Gasteiger partial charge on any atom is 0.165 e. The summed E-state index contributed by atoms with van der Waals surface area (Å²) in [6.45, 7) is 0. The fourth-order valence-electron chi connectivity index (χ4n) is 2.59. The van der Waals surface area contributed by atoms with Crippen LogP contribution in [0.15, 0.2) is 73.1 Å². The van der Waals surface area contributed by atoms with Crippen molar-refractivity contribution in [1.82, 2.24) is 9.78 Å². The SMILES string of the molecule is COc1cccc(C(=O)C[C@H](c2ccccc2)n2cccn2)c1. The molecule has 0 aliphatic heterocycles. The van der Waals surface area contributed by atoms with E-state index in [2.05, 4.69) is 5.10 Å². The third-order valence-electron chi connectivity index (χ3n) is 3.80. The minimum atomic E-state index is -0.120. The first-order valence-electron chi connectivity index (χ1n) is 7.49. The van der Waals surface area contributed by atoms with Crippen molar-refractivity contribution in [3.63, 3.8) is 0 Å². The van der Waals surface area contributed by atoms with Crippen LogP contribution in [0.25, 0.3) is 0 Å². The normalized spacial score (nSPS) is 11.9. The van der Waals surface area contributed by atoms with E-state index < -0.39 is 0 Å². The van der Waals surface area contributed by atoms with E-state index in [1.165, 1.54) is 0 Å². The molecule has 0 spiro atoms. The van der Waals surface area contributed by atoms with E-state index in [0.29, 0.717) is 17.7 Å². The summed E-state index contributed by atoms with van der Waals surface area (Å²) in [5.41, 5.74) is 1.71. The van der Waals surface area contributed by atoms with Crippen molar-refractivity contribution in [3.8, 4) is 5.75 Å². The predicted molar refractivity (Wildman–Crippen MR) is 88.7 cm³/mol. The van der Waals surface area contributed by atoms with Gasteiger partial charge in [0.15, 0.2) is 5.78 Å². The van der Waals surface area contributed by atoms with Gasteiger partial charge >= 0.3 is 0 Å². The first-order valence-corrected chi connectivity index (χ1v) is 7.49. The predicted octanol–water partition coefficient (Wildman–Crippen LogP) is 3.75. The van der Waals surface area contributed by atoms with Gasteiger partial charge in [0.25, 0.3) is 0 Å². The van der Waals surface area contributed by atoms with Crippen molar-refractivity contribution in [2.24, 2.45) is 0 Å². The molecule has 23 heavy (non-hydrogen) atoms. The molecule has 0 saturated carbocycles. The molecule has 0 fully saturated rings. The highest BCUT2D eigenvalue weighted by molar-refractivity contribution is 5.96. The molecule has 0 amide bonds. The van der Waals surface area contributed by atoms with Gasteiger partial charge in [-0.2, -0.15) is 5.10 Å². The topological polar surface area (TPSA) is 44.1 Å². The molecule has 0 radical (unpaired) electrons. The number of aromatic nitrogens is 2. The fraction of sp³-hybridized carbons (Fsp3) is 0.158. The van der Waals surface area contributed by atoms with Gasteiger partial charge in [-0.1, -0.05) is 42.5 Å². The number of hydrogen-bond acceptors (Lipinski definition) is 3. The molecule has 1 aromatic heterocycles. The molecule has 0 unspecified atom stereocenters. The number of carbonyl (C=O) groups excluding carboxylic acids is 1. The second-order valence-corrected chi connectivity index (χ2v) is 5.27. The van der Waals surface area contributed by atoms with E-state index in [1.54, 1.807) is 19.4 Å². The summed E-state index contributed by atoms with van der Waals surface area (Å²) in [5.74, 6) is 0.749. The highest BCUT2D eigenvalue weighted by Crippen LogP contribution is 2.24. The smallest absolute Gasteiger partial charge is 0.165 e. The summed E-state index contributed by atoms with van der Waals surface area (Å²) >= 11 is 0. The number of methoxy groups -OCH3 is 1. The number of Topliss-reactive ketones (excluding diaryl/α,β-unsaturated/α-hetero) is 1. The van der Waals surface area contributed by atoms with E-state index in [0.717, 1.165) is 5.56 Å². The number of hydrogen-bond donors (Lipinski definition) is 0. The zero-order valence-electron chi connectivity index (χ0n) is 12.9. The third-order valence-corrected chi connectivity index (χ3v) is 3.80. The van der Waals surface area contributed by atoms with Crippen molar-refractivity contribution in [1.29, 1.82) is 0 Å². The van der Waals surface area contributed by atoms with E-state index >= 15 is 0 Å². The fourth-order valence-corrected chi connectivity index (χ4v) is 2.59. The molecule has 116 valence electrons. The van der Waals surface area contributed by atoms with Crippen molar-refractivity contribution < 1.29 is 9.53 Å². The standard InChI is InChI=1S/C19H18N2O2/c1-23-17-10-5-9-16(13-17)19(22)14-18(21-12-6-11-20-21)15-7-3-2-4-8-15/h2-13,18H,14H2,1H3/t18-/m1/s1. The summed E-state index contributed by atoms with van der Waals surface area (Å²) in [7, 11) is 1.60. The molecular weight excluding hydrogens is 288 g/mol. The zero-order valence-corrected chi connectivity index (χ0v) is 12.9. The monoisotopic (exact) mass is 306 g/mol. The summed E-state index contributed by atoms with van der Waals surface area (Å²) in [6, 6.07) is 18.9. The van der Waals surface area contributed by atoms with Crippen molar-refractivity contribution in [3.05, 3.63) is 84.2 Å². The molecule has 3 rings (SSSR count). The lowest BCUT2D eigenvalue weighted by Gasteiger charge is -2.17. The van der Waals surface area contributed by atoms with Crippen LogP contribution < -0.4 is 4.74 Å². The van der Waals surface area contributed by atoms with Gasteiger partial charge in [0.1, 0.15) is 5.75 Å². The molecule has 3 aromatic rings. The molecule has 1 heterocycles. The number of ether oxygens (including phenoxy) is 1. The molecule has 4 nitrogen and oxygen atoms in total. The third kappa shape index (κ3) is 3.48. The molecular formula is C19H18N2O2. The van der Waals surface area contributed by atoms with Crippen LogP contribution in [0.2, 0.25) is 0 Å². The minimum Gasteiger partial charge on any atom is -0.497 e. The van der Waals surface area contributed by atoms with E-state index in [4.69, 9.17) is 4.74 Å². The van der Waals surface area contributed by atoms with Gasteiger partial charge in [-0.25, -0.2) is 0 Å². The summed E-state index contributed by atoms with van der Waals surface area (Å²) < 4.78 is 7.02. The lowest BCUT2D eigenvalue weighted by molar-refractivity contribution is 0.0967. The Kier molecular flexibility index (Phi) is 4.52. The van der Waals surface area contributed by atoms with Crippen molar-refractivity contribution >= 4 is 5.78 Å². The molecule has 0 saturated heterocycles. The number of carbonyl (C=O) groups is 1. The lowest BCUT2D eigenvalue weighted by Crippen LogP contribution is -2.16. The molecule has 0 aliphatic carbocycles. The molecule has 1 atom stereocenters. The number of nitrogens with zero attached hydrogens (tertiary/aromatic N) is 2. The summed E-state index contributed by atoms with van der Waals surface area (Å²) in [4.78, 5) is 12.7. The summed E-state index contributed by atoms with van der Waals surface area (Å²) in [5, 5.41) is 4.31. The quantitative estimate of drug-likeness (QED) is 0.651. The van der Waals surface area contributed by atoms with Crippen LogP contribution in [0.5, 0.6) is 5.75 Å². The molecule has 0 bridgehead atoms. The van der Waals surface area contributed by atoms with Crippen LogP contribution in [0.4, 0.5) is 0 Å². The maximum absolute atomic E-state index is 12.7. The Morgan fingerprint density at radius 1 is 1.13 bits per heavy atom. The average molecular weight is 306 g/mol. The van der Waals surface area contributed by atoms with Crippen LogP contribution >= 0.6 is 0 Å². The van der Waals surface area contributed by atoms with Crippen molar-refractivity contribution in [2.75, 3.05) is 7.11 Å². The number of ketones is 1. The minimum absolute atomic E-state index is 0.0632. The van der Waals surface area contributed by atoms with Crippen LogP contribution in [0.3, 0.4) is 0 Å². The van der Waals surface area contributed by atoms with Gasteiger partial charge in [-0.15, -0.1) is 0 Å². The van der Waals surface area contributed by atoms with Crippen LogP contribution in [0, 0.1) is 0 Å². The van der Waals surface area contributed by atoms with Crippen LogP contribution in [-0.2, 0) is 0 Å². The average Bonchev–Trinajstić information content (AvgIpc) is 3.14. The van der Waals surface area contributed by atoms with E-state index in [-0.39, 0.29) is 11.8 Å². The van der Waals surface area contributed by atoms with Gasteiger partial charge in [0, 0.05) is 24.4 Å². The van der Waals surface area contributed by atoms with Gasteiger partial charge in [-0.3, -0.25) is 9.48 Å². The Labute approximate surface area is 135 Å². The van der Waals surface area contributed by atoms with Crippen LogP contribution in [-0.4, -0.2) is 22.7 Å². The summed E-state index contributed by atoms with van der Waals surface area (Å²) in [6.07, 6.45) is 3.96. The van der Waals surface area contributed by atoms with Gasteiger partial charge in [-0.05, 0) is 23.8 Å². The zero-order chi connectivity index (χ0) is 16.1. The Balaban J connectivity index is 1.88. The Hall–Kier alpha value is -2.88. The maximum atomic E-state index is 12.7. The molecule has 4 heteroatoms. The Bertz CT molecular complexity index is 767. The first-order chi connectivity index (χ1) is 11.3. The van der Waals surface area contributed by atoms with Crippen molar-refractivity contribution in [2.45, 2.75) is 12.5 Å². The molecule has 0 N–H and O–H groups in total. The van der Waals surface area contributed by atoms with E-state index in [9.17, 15) is 4.79 Å².